The van der Waals surface area contributed by atoms with Crippen molar-refractivity contribution in [3.63, 3.8) is 0 Å². The molecule has 0 aliphatic carbocycles. The van der Waals surface area contributed by atoms with Crippen LogP contribution in [0.5, 0.6) is 0 Å². The lowest BCUT2D eigenvalue weighted by Crippen LogP contribution is -2.39. The molecule has 1 aromatic heterocycles. The van der Waals surface area contributed by atoms with Crippen LogP contribution in [0.15, 0.2) is 27.9 Å². The Morgan fingerprint density at radius 1 is 1.44 bits per heavy atom. The summed E-state index contributed by atoms with van der Waals surface area (Å²) in [5.41, 5.74) is -1.87. The molecule has 1 atom stereocenters. The first-order valence-electron chi connectivity index (χ1n) is 5.42. The van der Waals surface area contributed by atoms with E-state index in [-0.39, 0.29) is 0 Å². The van der Waals surface area contributed by atoms with E-state index in [4.69, 9.17) is 14.9 Å². The summed E-state index contributed by atoms with van der Waals surface area (Å²) in [6.45, 7) is 0.778. The third-order valence-electron chi connectivity index (χ3n) is 2.88. The summed E-state index contributed by atoms with van der Waals surface area (Å²) in [6.07, 6.45) is 3.67. The number of nitrogens with zero attached hydrogens (tertiary/aromatic N) is 1. The van der Waals surface area contributed by atoms with Gasteiger partial charge in [-0.05, 0) is 19.1 Å². The van der Waals surface area contributed by atoms with Crippen LogP contribution >= 0.6 is 0 Å². The minimum Gasteiger partial charge on any atom is -0.393 e. The molecule has 0 amide bonds. The van der Waals surface area contributed by atoms with Gasteiger partial charge in [0.15, 0.2) is 6.23 Å². The van der Waals surface area contributed by atoms with Gasteiger partial charge in [-0.3, -0.25) is 14.3 Å². The predicted octanol–water partition coefficient (Wildman–Crippen LogP) is -1.35. The van der Waals surface area contributed by atoms with Crippen molar-refractivity contribution in [2.45, 2.75) is 18.8 Å². The Balaban J connectivity index is 2.37. The van der Waals surface area contributed by atoms with Crippen LogP contribution in [0.1, 0.15) is 11.8 Å². The van der Waals surface area contributed by atoms with Gasteiger partial charge in [0.25, 0.3) is 5.56 Å². The molecule has 0 saturated carbocycles. The summed E-state index contributed by atoms with van der Waals surface area (Å²) in [5, 5.41) is 18.3. The average molecular weight is 254 g/mol. The van der Waals surface area contributed by atoms with Gasteiger partial charge in [-0.1, -0.05) is 0 Å². The predicted molar refractivity (Wildman–Crippen MR) is 62.2 cm³/mol. The number of aromatic amines is 1. The Morgan fingerprint density at radius 3 is 2.67 bits per heavy atom. The molecule has 0 saturated heterocycles. The molecule has 0 spiro atoms. The van der Waals surface area contributed by atoms with Crippen LogP contribution in [0.3, 0.4) is 0 Å². The van der Waals surface area contributed by atoms with Gasteiger partial charge >= 0.3 is 5.69 Å². The second kappa shape index (κ2) is 4.52. The molecule has 2 rings (SSSR count). The van der Waals surface area contributed by atoms with E-state index >= 15 is 0 Å². The van der Waals surface area contributed by atoms with Crippen LogP contribution in [0.4, 0.5) is 0 Å². The number of nitrogens with one attached hydrogen (secondary N) is 1. The minimum atomic E-state index is -1.19. The van der Waals surface area contributed by atoms with E-state index in [1.165, 1.54) is 16.8 Å². The van der Waals surface area contributed by atoms with Crippen molar-refractivity contribution in [3.05, 3.63) is 44.8 Å². The van der Waals surface area contributed by atoms with Crippen molar-refractivity contribution in [2.24, 2.45) is 0 Å². The lowest BCUT2D eigenvalue weighted by molar-refractivity contribution is -0.107. The third kappa shape index (κ3) is 2.03. The number of hydrogen-bond acceptors (Lipinski definition) is 5. The number of aryl methyl sites for hydroxylation is 1. The molecule has 1 aliphatic heterocycles. The molecule has 0 aromatic carbocycles. The fourth-order valence-electron chi connectivity index (χ4n) is 1.73. The van der Waals surface area contributed by atoms with Gasteiger partial charge in [0.05, 0.1) is 13.2 Å². The third-order valence-corrected chi connectivity index (χ3v) is 2.88. The van der Waals surface area contributed by atoms with Gasteiger partial charge in [0, 0.05) is 11.8 Å². The quantitative estimate of drug-likeness (QED) is 0.579. The van der Waals surface area contributed by atoms with Crippen molar-refractivity contribution in [2.75, 3.05) is 13.2 Å². The molecule has 0 unspecified atom stereocenters. The normalized spacial score (nSPS) is 21.4. The molecule has 2 heterocycles. The topological polar surface area (TPSA) is 105 Å². The van der Waals surface area contributed by atoms with Crippen molar-refractivity contribution in [3.8, 4) is 0 Å². The van der Waals surface area contributed by atoms with Crippen LogP contribution in [0.2, 0.25) is 0 Å². The fourth-order valence-corrected chi connectivity index (χ4v) is 1.73. The molecule has 0 bridgehead atoms. The number of rotatable bonds is 3. The Bertz CT molecular complexity index is 582. The van der Waals surface area contributed by atoms with Gasteiger partial charge in [-0.15, -0.1) is 0 Å². The van der Waals surface area contributed by atoms with Gasteiger partial charge in [-0.2, -0.15) is 0 Å². The largest absolute Gasteiger partial charge is 0.393 e. The summed E-state index contributed by atoms with van der Waals surface area (Å²) >= 11 is 0. The number of ether oxygens (including phenoxy) is 1. The van der Waals surface area contributed by atoms with Crippen LogP contribution in [0.25, 0.3) is 0 Å². The van der Waals surface area contributed by atoms with E-state index in [1.54, 1.807) is 13.0 Å². The van der Waals surface area contributed by atoms with Crippen molar-refractivity contribution in [1.82, 2.24) is 9.55 Å². The first-order chi connectivity index (χ1) is 8.51. The van der Waals surface area contributed by atoms with Crippen LogP contribution in [0, 0.1) is 6.92 Å². The second-order valence-electron chi connectivity index (χ2n) is 4.23. The van der Waals surface area contributed by atoms with Crippen molar-refractivity contribution in [1.29, 1.82) is 0 Å². The zero-order valence-electron chi connectivity index (χ0n) is 9.79. The highest BCUT2D eigenvalue weighted by Gasteiger charge is 2.35. The van der Waals surface area contributed by atoms with Crippen LogP contribution < -0.4 is 11.2 Å². The monoisotopic (exact) mass is 254 g/mol. The van der Waals surface area contributed by atoms with E-state index in [1.807, 2.05) is 0 Å². The van der Waals surface area contributed by atoms with Crippen molar-refractivity contribution < 1.29 is 14.9 Å². The Kier molecular flexibility index (Phi) is 3.20. The lowest BCUT2D eigenvalue weighted by atomic mass is 10.1. The highest BCUT2D eigenvalue weighted by molar-refractivity contribution is 5.12. The summed E-state index contributed by atoms with van der Waals surface area (Å²) in [7, 11) is 0. The minimum absolute atomic E-state index is 0.372. The second-order valence-corrected chi connectivity index (χ2v) is 4.23. The van der Waals surface area contributed by atoms with E-state index in [0.717, 1.165) is 0 Å². The summed E-state index contributed by atoms with van der Waals surface area (Å²) < 4.78 is 6.63. The van der Waals surface area contributed by atoms with Crippen molar-refractivity contribution >= 4 is 0 Å². The van der Waals surface area contributed by atoms with Gasteiger partial charge in [-0.25, -0.2) is 4.79 Å². The molecular weight excluding hydrogens is 240 g/mol. The molecule has 1 aromatic rings. The van der Waals surface area contributed by atoms with Crippen LogP contribution in [-0.4, -0.2) is 38.6 Å². The molecule has 3 N–H and O–H groups in total. The van der Waals surface area contributed by atoms with Gasteiger partial charge < -0.3 is 14.9 Å². The lowest BCUT2D eigenvalue weighted by Gasteiger charge is -2.25. The van der Waals surface area contributed by atoms with Gasteiger partial charge in [0.2, 0.25) is 0 Å². The van der Waals surface area contributed by atoms with E-state index in [2.05, 4.69) is 4.98 Å². The number of H-pyrrole nitrogens is 1. The van der Waals surface area contributed by atoms with E-state index in [0.29, 0.717) is 5.56 Å². The molecule has 7 heteroatoms. The molecule has 0 fully saturated rings. The molecule has 7 nitrogen and oxygen atoms in total. The highest BCUT2D eigenvalue weighted by atomic mass is 16.5. The maximum Gasteiger partial charge on any atom is 0.330 e. The molecule has 1 aliphatic rings. The Morgan fingerprint density at radius 2 is 2.11 bits per heavy atom. The first-order valence-corrected chi connectivity index (χ1v) is 5.42. The van der Waals surface area contributed by atoms with Gasteiger partial charge in [0.1, 0.15) is 5.60 Å². The molecule has 18 heavy (non-hydrogen) atoms. The molecule has 98 valence electrons. The zero-order chi connectivity index (χ0) is 13.3. The first kappa shape index (κ1) is 12.7. The van der Waals surface area contributed by atoms with E-state index < -0.39 is 36.3 Å². The summed E-state index contributed by atoms with van der Waals surface area (Å²) in [6, 6.07) is 0. The fraction of sp³-hybridized carbons (Fsp3) is 0.455. The number of aromatic nitrogens is 2. The maximum atomic E-state index is 11.6. The average Bonchev–Trinajstić information content (AvgIpc) is 2.79. The van der Waals surface area contributed by atoms with Crippen LogP contribution in [-0.2, 0) is 4.74 Å². The summed E-state index contributed by atoms with van der Waals surface area (Å²) in [5.74, 6) is 0. The molecule has 0 radical (unpaired) electrons. The number of aliphatic hydroxyl groups is 2. The Labute approximate surface area is 102 Å². The zero-order valence-corrected chi connectivity index (χ0v) is 9.79. The maximum absolute atomic E-state index is 11.6. The standard InChI is InChI=1S/C11H14N2O5/c1-7-4-13(10(17)12-9(7)16)8-2-3-11(5-14,6-15)18-8/h2-4,8,14-15H,5-6H2,1H3,(H,12,16,17)/t8-/m1/s1. The smallest absolute Gasteiger partial charge is 0.330 e. The summed E-state index contributed by atoms with van der Waals surface area (Å²) in [4.78, 5) is 25.0. The number of aliphatic hydroxyl groups excluding tert-OH is 2. The highest BCUT2D eigenvalue weighted by Crippen LogP contribution is 2.28. The number of hydrogen-bond donors (Lipinski definition) is 3. The Hall–Kier alpha value is -1.70. The molecular formula is C11H14N2O5. The SMILES string of the molecule is Cc1cn([C@H]2C=CC(CO)(CO)O2)c(=O)[nH]c1=O. The van der Waals surface area contributed by atoms with E-state index in [9.17, 15) is 9.59 Å².